The smallest absolute Gasteiger partial charge is 0.311 e. The van der Waals surface area contributed by atoms with Crippen LogP contribution < -0.4 is 5.32 Å². The van der Waals surface area contributed by atoms with E-state index in [0.29, 0.717) is 23.1 Å². The zero-order valence-electron chi connectivity index (χ0n) is 9.87. The third-order valence-electron chi connectivity index (χ3n) is 2.97. The maximum atomic E-state index is 11.3. The molecule has 0 aromatic carbocycles. The summed E-state index contributed by atoms with van der Waals surface area (Å²) in [7, 11) is -2.93. The summed E-state index contributed by atoms with van der Waals surface area (Å²) in [5.74, 6) is 0.319. The summed E-state index contributed by atoms with van der Waals surface area (Å²) in [6.07, 6.45) is 3.21. The number of hydrogen-bond donors (Lipinski definition) is 1. The van der Waals surface area contributed by atoms with Gasteiger partial charge in [0.05, 0.1) is 20.9 Å². The molecule has 1 saturated heterocycles. The predicted octanol–water partition coefficient (Wildman–Crippen LogP) is 1.60. The summed E-state index contributed by atoms with van der Waals surface area (Å²) in [6, 6.07) is 0. The van der Waals surface area contributed by atoms with Crippen LogP contribution in [0.15, 0.2) is 16.9 Å². The van der Waals surface area contributed by atoms with Gasteiger partial charge in [0.15, 0.2) is 9.84 Å². The van der Waals surface area contributed by atoms with E-state index in [1.54, 1.807) is 0 Å². The number of pyridine rings is 1. The lowest BCUT2D eigenvalue weighted by molar-refractivity contribution is -0.384. The number of anilines is 1. The highest BCUT2D eigenvalue weighted by Gasteiger charge is 2.28. The minimum atomic E-state index is -2.93. The van der Waals surface area contributed by atoms with E-state index >= 15 is 0 Å². The van der Waals surface area contributed by atoms with E-state index in [-0.39, 0.29) is 23.1 Å². The number of nitro groups is 1. The van der Waals surface area contributed by atoms with Crippen molar-refractivity contribution < 1.29 is 13.3 Å². The number of aromatic nitrogens is 1. The van der Waals surface area contributed by atoms with Gasteiger partial charge < -0.3 is 5.32 Å². The Morgan fingerprint density at radius 1 is 1.53 bits per heavy atom. The molecule has 104 valence electrons. The van der Waals surface area contributed by atoms with Crippen molar-refractivity contribution in [3.8, 4) is 0 Å². The summed E-state index contributed by atoms with van der Waals surface area (Å²) in [5.41, 5.74) is 0.208. The molecule has 7 nitrogen and oxygen atoms in total. The van der Waals surface area contributed by atoms with E-state index in [0.717, 1.165) is 0 Å². The topological polar surface area (TPSA) is 102 Å². The lowest BCUT2D eigenvalue weighted by atomic mass is 10.1. The van der Waals surface area contributed by atoms with E-state index in [9.17, 15) is 18.5 Å². The number of nitrogens with one attached hydrogen (secondary N) is 1. The van der Waals surface area contributed by atoms with Crippen LogP contribution in [0.2, 0.25) is 0 Å². The third-order valence-corrected chi connectivity index (χ3v) is 5.41. The third kappa shape index (κ3) is 3.41. The quantitative estimate of drug-likeness (QED) is 0.654. The summed E-state index contributed by atoms with van der Waals surface area (Å²) < 4.78 is 23.2. The summed E-state index contributed by atoms with van der Waals surface area (Å²) in [4.78, 5) is 14.1. The SMILES string of the molecule is O=[N+]([O-])c1cncc(Br)c1NCC1CCS(=O)(=O)C1. The van der Waals surface area contributed by atoms with Crippen molar-refractivity contribution in [1.29, 1.82) is 0 Å². The second kappa shape index (κ2) is 5.41. The standard InChI is InChI=1S/C10H12BrN3O4S/c11-8-4-12-5-9(14(15)16)10(8)13-3-7-1-2-19(17,18)6-7/h4-5,7H,1-3,6H2,(H,12,13). The Morgan fingerprint density at radius 2 is 2.26 bits per heavy atom. The van der Waals surface area contributed by atoms with Gasteiger partial charge >= 0.3 is 5.69 Å². The molecule has 0 radical (unpaired) electrons. The Hall–Kier alpha value is -1.22. The molecule has 0 aliphatic carbocycles. The summed E-state index contributed by atoms with van der Waals surface area (Å²) >= 11 is 3.20. The molecule has 1 atom stereocenters. The first-order valence-electron chi connectivity index (χ1n) is 5.61. The van der Waals surface area contributed by atoms with Crippen LogP contribution in [0.1, 0.15) is 6.42 Å². The van der Waals surface area contributed by atoms with Crippen molar-refractivity contribution in [2.45, 2.75) is 6.42 Å². The number of sulfone groups is 1. The van der Waals surface area contributed by atoms with Crippen molar-refractivity contribution in [2.75, 3.05) is 23.4 Å². The Kier molecular flexibility index (Phi) is 4.04. The highest BCUT2D eigenvalue weighted by molar-refractivity contribution is 9.10. The van der Waals surface area contributed by atoms with Crippen molar-refractivity contribution in [1.82, 2.24) is 4.98 Å². The lowest BCUT2D eigenvalue weighted by Gasteiger charge is -2.12. The molecule has 2 rings (SSSR count). The first-order valence-corrected chi connectivity index (χ1v) is 8.22. The zero-order chi connectivity index (χ0) is 14.0. The van der Waals surface area contributed by atoms with Gasteiger partial charge in [0, 0.05) is 12.7 Å². The first-order chi connectivity index (χ1) is 8.89. The van der Waals surface area contributed by atoms with Gasteiger partial charge in [-0.2, -0.15) is 0 Å². The second-order valence-corrected chi connectivity index (χ2v) is 7.51. The van der Waals surface area contributed by atoms with E-state index in [2.05, 4.69) is 26.2 Å². The maximum absolute atomic E-state index is 11.3. The Morgan fingerprint density at radius 3 is 2.84 bits per heavy atom. The van der Waals surface area contributed by atoms with Crippen molar-refractivity contribution in [2.24, 2.45) is 5.92 Å². The van der Waals surface area contributed by atoms with E-state index in [1.807, 2.05) is 0 Å². The minimum absolute atomic E-state index is 0.00957. The van der Waals surface area contributed by atoms with Crippen molar-refractivity contribution in [3.63, 3.8) is 0 Å². The molecular weight excluding hydrogens is 338 g/mol. The molecular formula is C10H12BrN3O4S. The number of halogens is 1. The molecule has 1 aliphatic rings. The predicted molar refractivity (Wildman–Crippen MR) is 73.8 cm³/mol. The van der Waals surface area contributed by atoms with Gasteiger partial charge in [0.25, 0.3) is 0 Å². The highest BCUT2D eigenvalue weighted by Crippen LogP contribution is 2.31. The molecule has 1 aromatic heterocycles. The largest absolute Gasteiger partial charge is 0.378 e. The van der Waals surface area contributed by atoms with Crippen LogP contribution in [0, 0.1) is 16.0 Å². The average Bonchev–Trinajstić information content (AvgIpc) is 2.67. The zero-order valence-corrected chi connectivity index (χ0v) is 12.3. The van der Waals surface area contributed by atoms with Crippen LogP contribution in [0.3, 0.4) is 0 Å². The van der Waals surface area contributed by atoms with Gasteiger partial charge in [-0.3, -0.25) is 15.1 Å². The second-order valence-electron chi connectivity index (χ2n) is 4.42. The van der Waals surface area contributed by atoms with Crippen molar-refractivity contribution >= 4 is 37.1 Å². The molecule has 0 spiro atoms. The Bertz CT molecular complexity index is 605. The van der Waals surface area contributed by atoms with E-state index in [4.69, 9.17) is 0 Å². The molecule has 1 aliphatic heterocycles. The molecule has 2 heterocycles. The normalized spacial score (nSPS) is 21.2. The molecule has 1 aromatic rings. The Balaban J connectivity index is 2.10. The molecule has 1 fully saturated rings. The lowest BCUT2D eigenvalue weighted by Crippen LogP contribution is -2.16. The van der Waals surface area contributed by atoms with Crippen LogP contribution in [0.5, 0.6) is 0 Å². The summed E-state index contributed by atoms with van der Waals surface area (Å²) in [6.45, 7) is 0.392. The highest BCUT2D eigenvalue weighted by atomic mass is 79.9. The van der Waals surface area contributed by atoms with Gasteiger partial charge in [-0.15, -0.1) is 0 Å². The molecule has 1 unspecified atom stereocenters. The van der Waals surface area contributed by atoms with Crippen LogP contribution in [0.25, 0.3) is 0 Å². The molecule has 19 heavy (non-hydrogen) atoms. The van der Waals surface area contributed by atoms with Crippen LogP contribution in [-0.4, -0.2) is 36.4 Å². The van der Waals surface area contributed by atoms with Gasteiger partial charge in [-0.1, -0.05) is 0 Å². The first kappa shape index (κ1) is 14.2. The fraction of sp³-hybridized carbons (Fsp3) is 0.500. The summed E-state index contributed by atoms with van der Waals surface area (Å²) in [5, 5.41) is 13.8. The van der Waals surface area contributed by atoms with Crippen LogP contribution in [0.4, 0.5) is 11.4 Å². The average molecular weight is 350 g/mol. The molecule has 9 heteroatoms. The van der Waals surface area contributed by atoms with Gasteiger partial charge in [0.2, 0.25) is 0 Å². The van der Waals surface area contributed by atoms with E-state index < -0.39 is 14.8 Å². The fourth-order valence-electron chi connectivity index (χ4n) is 2.02. The van der Waals surface area contributed by atoms with Gasteiger partial charge in [-0.05, 0) is 28.3 Å². The molecule has 1 N–H and O–H groups in total. The van der Waals surface area contributed by atoms with Crippen LogP contribution >= 0.6 is 15.9 Å². The number of rotatable bonds is 4. The molecule has 0 bridgehead atoms. The van der Waals surface area contributed by atoms with Gasteiger partial charge in [-0.25, -0.2) is 8.42 Å². The monoisotopic (exact) mass is 349 g/mol. The van der Waals surface area contributed by atoms with Crippen LogP contribution in [-0.2, 0) is 9.84 Å². The van der Waals surface area contributed by atoms with E-state index in [1.165, 1.54) is 12.4 Å². The minimum Gasteiger partial charge on any atom is -0.378 e. The van der Waals surface area contributed by atoms with Gasteiger partial charge in [0.1, 0.15) is 11.9 Å². The number of hydrogen-bond acceptors (Lipinski definition) is 6. The van der Waals surface area contributed by atoms with Crippen molar-refractivity contribution in [3.05, 3.63) is 27.0 Å². The molecule has 0 saturated carbocycles. The maximum Gasteiger partial charge on any atom is 0.311 e. The Labute approximate surface area is 118 Å². The fourth-order valence-corrected chi connectivity index (χ4v) is 4.34. The molecule has 0 amide bonds. The number of nitrogens with zero attached hydrogens (tertiary/aromatic N) is 2.